The third-order valence-corrected chi connectivity index (χ3v) is 5.58. The summed E-state index contributed by atoms with van der Waals surface area (Å²) in [5.74, 6) is -0.423. The van der Waals surface area contributed by atoms with Gasteiger partial charge in [0.25, 0.3) is 0 Å². The first kappa shape index (κ1) is 20.2. The maximum atomic E-state index is 12.8. The Morgan fingerprint density at radius 2 is 2.00 bits per heavy atom. The van der Waals surface area contributed by atoms with Crippen LogP contribution in [-0.4, -0.2) is 35.1 Å². The van der Waals surface area contributed by atoms with E-state index in [0.29, 0.717) is 24.4 Å². The molecule has 1 atom stereocenters. The molecular formula is C21H25N3O3S. The standard InChI is InChI=1S/C21H25N3O3S/c1-5-22-17(25)11-15-12-28-21-23-14(4)18(20(26)27-6-2)19(24(15)21)16-10-8-7-9-13(16)3/h7-10,12,19H,5-6,11H2,1-4H3,(H,22,25)/t19-/m1/s1. The van der Waals surface area contributed by atoms with Crippen LogP contribution in [0.25, 0.3) is 0 Å². The quantitative estimate of drug-likeness (QED) is 0.739. The lowest BCUT2D eigenvalue weighted by atomic mass is 9.91. The van der Waals surface area contributed by atoms with Crippen LogP contribution in [0.1, 0.15) is 44.4 Å². The largest absolute Gasteiger partial charge is 0.463 e. The Labute approximate surface area is 169 Å². The van der Waals surface area contributed by atoms with Crippen LogP contribution < -0.4 is 5.32 Å². The number of aliphatic imine (C=N–C) groups is 1. The number of carbonyl (C=O) groups excluding carboxylic acids is 2. The molecule has 1 N–H and O–H groups in total. The van der Waals surface area contributed by atoms with Gasteiger partial charge in [0.2, 0.25) is 5.91 Å². The number of amidine groups is 1. The van der Waals surface area contributed by atoms with Crippen molar-refractivity contribution in [2.24, 2.45) is 4.99 Å². The molecule has 0 unspecified atom stereocenters. The number of ether oxygens (including phenoxy) is 1. The summed E-state index contributed by atoms with van der Waals surface area (Å²) in [5.41, 5.74) is 4.07. The maximum Gasteiger partial charge on any atom is 0.338 e. The van der Waals surface area contributed by atoms with Gasteiger partial charge in [-0.1, -0.05) is 36.0 Å². The molecule has 0 radical (unpaired) electrons. The second kappa shape index (κ2) is 8.65. The molecule has 7 heteroatoms. The summed E-state index contributed by atoms with van der Waals surface area (Å²) in [6.45, 7) is 8.42. The molecule has 0 aromatic heterocycles. The van der Waals surface area contributed by atoms with E-state index < -0.39 is 0 Å². The normalized spacial score (nSPS) is 18.4. The molecule has 0 spiro atoms. The molecule has 2 heterocycles. The van der Waals surface area contributed by atoms with Crippen molar-refractivity contribution in [1.29, 1.82) is 0 Å². The maximum absolute atomic E-state index is 12.8. The topological polar surface area (TPSA) is 71.0 Å². The van der Waals surface area contributed by atoms with Gasteiger partial charge in [0.05, 0.1) is 30.3 Å². The molecule has 6 nitrogen and oxygen atoms in total. The predicted octanol–water partition coefficient (Wildman–Crippen LogP) is 3.66. The number of nitrogens with zero attached hydrogens (tertiary/aromatic N) is 2. The van der Waals surface area contributed by atoms with Gasteiger partial charge < -0.3 is 15.0 Å². The number of nitrogens with one attached hydrogen (secondary N) is 1. The average molecular weight is 400 g/mol. The summed E-state index contributed by atoms with van der Waals surface area (Å²) < 4.78 is 5.35. The number of aryl methyl sites for hydroxylation is 1. The van der Waals surface area contributed by atoms with E-state index in [0.717, 1.165) is 22.0 Å². The van der Waals surface area contributed by atoms with Crippen LogP contribution in [0.2, 0.25) is 0 Å². The van der Waals surface area contributed by atoms with Gasteiger partial charge in [0, 0.05) is 12.2 Å². The molecule has 0 fully saturated rings. The summed E-state index contributed by atoms with van der Waals surface area (Å²) >= 11 is 1.48. The number of hydrogen-bond acceptors (Lipinski definition) is 6. The van der Waals surface area contributed by atoms with Gasteiger partial charge in [0.15, 0.2) is 5.17 Å². The summed E-state index contributed by atoms with van der Waals surface area (Å²) in [4.78, 5) is 31.7. The number of benzene rings is 1. The smallest absolute Gasteiger partial charge is 0.338 e. The summed E-state index contributed by atoms with van der Waals surface area (Å²) in [7, 11) is 0. The van der Waals surface area contributed by atoms with Crippen molar-refractivity contribution >= 4 is 28.8 Å². The molecule has 1 aromatic carbocycles. The van der Waals surface area contributed by atoms with E-state index in [4.69, 9.17) is 4.74 Å². The molecule has 3 rings (SSSR count). The Kier molecular flexibility index (Phi) is 6.24. The number of esters is 1. The van der Waals surface area contributed by atoms with E-state index in [2.05, 4.69) is 10.3 Å². The Morgan fingerprint density at radius 1 is 1.25 bits per heavy atom. The van der Waals surface area contributed by atoms with Crippen molar-refractivity contribution in [3.63, 3.8) is 0 Å². The Balaban J connectivity index is 2.08. The first-order chi connectivity index (χ1) is 13.5. The third kappa shape index (κ3) is 3.85. The number of thioether (sulfide) groups is 1. The van der Waals surface area contributed by atoms with E-state index in [9.17, 15) is 9.59 Å². The molecule has 2 aliphatic heterocycles. The van der Waals surface area contributed by atoms with Crippen LogP contribution in [0.5, 0.6) is 0 Å². The Hall–Kier alpha value is -2.54. The number of amides is 1. The lowest BCUT2D eigenvalue weighted by Gasteiger charge is -2.37. The molecule has 0 aliphatic carbocycles. The van der Waals surface area contributed by atoms with Crippen LogP contribution in [-0.2, 0) is 14.3 Å². The Bertz CT molecular complexity index is 889. The van der Waals surface area contributed by atoms with Crippen LogP contribution in [0.15, 0.2) is 51.6 Å². The fourth-order valence-electron chi connectivity index (χ4n) is 3.45. The summed E-state index contributed by atoms with van der Waals surface area (Å²) in [5, 5.41) is 5.56. The number of rotatable bonds is 6. The zero-order valence-corrected chi connectivity index (χ0v) is 17.4. The zero-order chi connectivity index (χ0) is 20.3. The first-order valence-corrected chi connectivity index (χ1v) is 10.3. The second-order valence-electron chi connectivity index (χ2n) is 6.60. The van der Waals surface area contributed by atoms with Crippen LogP contribution in [0.3, 0.4) is 0 Å². The fourth-order valence-corrected chi connectivity index (χ4v) is 4.42. The second-order valence-corrected chi connectivity index (χ2v) is 7.44. The zero-order valence-electron chi connectivity index (χ0n) is 16.6. The predicted molar refractivity (Wildman–Crippen MR) is 112 cm³/mol. The van der Waals surface area contributed by atoms with Gasteiger partial charge in [-0.2, -0.15) is 0 Å². The summed E-state index contributed by atoms with van der Waals surface area (Å²) in [6, 6.07) is 7.60. The Morgan fingerprint density at radius 3 is 2.68 bits per heavy atom. The van der Waals surface area contributed by atoms with Gasteiger partial charge in [-0.15, -0.1) is 0 Å². The van der Waals surface area contributed by atoms with E-state index in [1.165, 1.54) is 11.8 Å². The molecule has 2 aliphatic rings. The molecule has 28 heavy (non-hydrogen) atoms. The van der Waals surface area contributed by atoms with Crippen molar-refractivity contribution < 1.29 is 14.3 Å². The van der Waals surface area contributed by atoms with Crippen molar-refractivity contribution in [3.05, 3.63) is 57.8 Å². The van der Waals surface area contributed by atoms with Gasteiger partial charge in [-0.25, -0.2) is 9.79 Å². The van der Waals surface area contributed by atoms with Crippen LogP contribution >= 0.6 is 11.8 Å². The molecule has 0 saturated carbocycles. The minimum Gasteiger partial charge on any atom is -0.463 e. The first-order valence-electron chi connectivity index (χ1n) is 9.41. The number of allylic oxidation sites excluding steroid dienone is 1. The lowest BCUT2D eigenvalue weighted by molar-refractivity contribution is -0.139. The van der Waals surface area contributed by atoms with Gasteiger partial charge in [-0.05, 0) is 44.2 Å². The molecule has 0 bridgehead atoms. The van der Waals surface area contributed by atoms with Gasteiger partial charge in [0.1, 0.15) is 0 Å². The number of fused-ring (bicyclic) bond motifs is 1. The number of carbonyl (C=O) groups is 2. The van der Waals surface area contributed by atoms with E-state index in [1.807, 2.05) is 55.3 Å². The average Bonchev–Trinajstić information content (AvgIpc) is 3.03. The van der Waals surface area contributed by atoms with Crippen LogP contribution in [0.4, 0.5) is 0 Å². The highest BCUT2D eigenvalue weighted by molar-refractivity contribution is 8.16. The lowest BCUT2D eigenvalue weighted by Crippen LogP contribution is -2.38. The van der Waals surface area contributed by atoms with Gasteiger partial charge in [-0.3, -0.25) is 4.79 Å². The molecular weight excluding hydrogens is 374 g/mol. The summed E-state index contributed by atoms with van der Waals surface area (Å²) in [6.07, 6.45) is 0.234. The van der Waals surface area contributed by atoms with E-state index >= 15 is 0 Å². The number of hydrogen-bond donors (Lipinski definition) is 1. The SMILES string of the molecule is CCNC(=O)CC1=CSC2=NC(C)=C(C(=O)OCC)[C@@H](c3ccccc3C)N12. The minimum absolute atomic E-state index is 0.0527. The highest BCUT2D eigenvalue weighted by Gasteiger charge is 2.41. The molecule has 0 saturated heterocycles. The fraction of sp³-hybridized carbons (Fsp3) is 0.381. The van der Waals surface area contributed by atoms with Crippen molar-refractivity contribution in [1.82, 2.24) is 10.2 Å². The highest BCUT2D eigenvalue weighted by atomic mass is 32.2. The molecule has 1 aromatic rings. The van der Waals surface area contributed by atoms with Crippen molar-refractivity contribution in [2.45, 2.75) is 40.2 Å². The molecule has 148 valence electrons. The molecule has 1 amide bonds. The third-order valence-electron chi connectivity index (χ3n) is 4.69. The van der Waals surface area contributed by atoms with E-state index in [-0.39, 0.29) is 24.3 Å². The van der Waals surface area contributed by atoms with Crippen molar-refractivity contribution in [2.75, 3.05) is 13.2 Å². The van der Waals surface area contributed by atoms with Gasteiger partial charge >= 0.3 is 5.97 Å². The highest BCUT2D eigenvalue weighted by Crippen LogP contribution is 2.45. The minimum atomic E-state index is -0.372. The van der Waals surface area contributed by atoms with Crippen LogP contribution in [0, 0.1) is 6.92 Å². The monoisotopic (exact) mass is 399 g/mol. The van der Waals surface area contributed by atoms with E-state index in [1.54, 1.807) is 6.92 Å². The van der Waals surface area contributed by atoms with Crippen molar-refractivity contribution in [3.8, 4) is 0 Å².